The topological polar surface area (TPSA) is 105 Å². The van der Waals surface area contributed by atoms with E-state index in [2.05, 4.69) is 10.1 Å². The molecule has 2 atom stereocenters. The molecule has 1 aliphatic heterocycles. The van der Waals surface area contributed by atoms with Gasteiger partial charge in [-0.15, -0.1) is 0 Å². The first-order valence-electron chi connectivity index (χ1n) is 7.35. The lowest BCUT2D eigenvalue weighted by atomic mass is 10.1. The highest BCUT2D eigenvalue weighted by Crippen LogP contribution is 2.32. The number of β-amino-alcohol motifs (C(OH)–C–C–N with tert-alkyl or cyclic N) is 1. The van der Waals surface area contributed by atoms with Gasteiger partial charge in [-0.2, -0.15) is 4.98 Å². The van der Waals surface area contributed by atoms with Crippen molar-refractivity contribution in [3.63, 3.8) is 0 Å². The lowest BCUT2D eigenvalue weighted by Gasteiger charge is -2.24. The van der Waals surface area contributed by atoms with Crippen molar-refractivity contribution < 1.29 is 18.8 Å². The fourth-order valence-electron chi connectivity index (χ4n) is 2.81. The Labute approximate surface area is 131 Å². The van der Waals surface area contributed by atoms with E-state index < -0.39 is 12.0 Å². The molecule has 3 N–H and O–H groups in total. The van der Waals surface area contributed by atoms with E-state index in [9.17, 15) is 14.3 Å². The van der Waals surface area contributed by atoms with E-state index in [-0.39, 0.29) is 17.7 Å². The van der Waals surface area contributed by atoms with Crippen molar-refractivity contribution in [1.29, 1.82) is 0 Å². The van der Waals surface area contributed by atoms with Crippen LogP contribution in [0.3, 0.4) is 0 Å². The molecule has 0 saturated carbocycles. The van der Waals surface area contributed by atoms with Crippen LogP contribution in [0.1, 0.15) is 47.1 Å². The van der Waals surface area contributed by atoms with Gasteiger partial charge in [-0.1, -0.05) is 17.3 Å². The summed E-state index contributed by atoms with van der Waals surface area (Å²) in [7, 11) is 0. The highest BCUT2D eigenvalue weighted by molar-refractivity contribution is 5.88. The van der Waals surface area contributed by atoms with Crippen molar-refractivity contribution >= 4 is 5.91 Å². The van der Waals surface area contributed by atoms with Crippen LogP contribution in [0.25, 0.3) is 0 Å². The van der Waals surface area contributed by atoms with E-state index in [1.807, 2.05) is 4.90 Å². The van der Waals surface area contributed by atoms with Gasteiger partial charge in [0.05, 0.1) is 12.1 Å². The molecule has 122 valence electrons. The Kier molecular flexibility index (Phi) is 4.35. The summed E-state index contributed by atoms with van der Waals surface area (Å²) in [5.41, 5.74) is 5.76. The average Bonchev–Trinajstić information content (AvgIpc) is 3.16. The summed E-state index contributed by atoms with van der Waals surface area (Å²) in [6, 6.07) is 5.59. The fraction of sp³-hybridized carbons (Fsp3) is 0.400. The molecular formula is C15H17FN4O3. The zero-order chi connectivity index (χ0) is 16.4. The molecule has 2 heterocycles. The number of aromatic nitrogens is 2. The number of rotatable bonds is 5. The van der Waals surface area contributed by atoms with Crippen LogP contribution >= 0.6 is 0 Å². The second-order valence-corrected chi connectivity index (χ2v) is 5.54. The van der Waals surface area contributed by atoms with E-state index in [0.29, 0.717) is 18.0 Å². The average molecular weight is 320 g/mol. The lowest BCUT2D eigenvalue weighted by Crippen LogP contribution is -2.28. The number of hydrogen-bond donors (Lipinski definition) is 2. The number of aliphatic hydroxyl groups is 1. The molecule has 2 aromatic rings. The third-order valence-electron chi connectivity index (χ3n) is 3.97. The summed E-state index contributed by atoms with van der Waals surface area (Å²) in [5.74, 6) is -0.908. The van der Waals surface area contributed by atoms with Gasteiger partial charge >= 0.3 is 0 Å². The molecule has 0 aliphatic carbocycles. The molecule has 3 rings (SSSR count). The van der Waals surface area contributed by atoms with Crippen LogP contribution < -0.4 is 5.73 Å². The zero-order valence-electron chi connectivity index (χ0n) is 12.4. The van der Waals surface area contributed by atoms with Gasteiger partial charge in [-0.3, -0.25) is 9.69 Å². The third-order valence-corrected chi connectivity index (χ3v) is 3.97. The number of hydrogen-bond acceptors (Lipinski definition) is 6. The molecular weight excluding hydrogens is 303 g/mol. The highest BCUT2D eigenvalue weighted by atomic mass is 19.1. The Morgan fingerprint density at radius 1 is 1.48 bits per heavy atom. The van der Waals surface area contributed by atoms with Gasteiger partial charge in [0.25, 0.3) is 11.7 Å². The van der Waals surface area contributed by atoms with Gasteiger partial charge in [0, 0.05) is 6.54 Å². The second kappa shape index (κ2) is 6.43. The lowest BCUT2D eigenvalue weighted by molar-refractivity contribution is 0.0967. The monoisotopic (exact) mass is 320 g/mol. The predicted molar refractivity (Wildman–Crippen MR) is 77.7 cm³/mol. The number of aliphatic hydroxyl groups excluding tert-OH is 1. The Balaban J connectivity index is 1.71. The van der Waals surface area contributed by atoms with Crippen LogP contribution in [-0.2, 0) is 0 Å². The maximum atomic E-state index is 12.9. The summed E-state index contributed by atoms with van der Waals surface area (Å²) < 4.78 is 18.1. The van der Waals surface area contributed by atoms with Crippen molar-refractivity contribution in [3.8, 4) is 0 Å². The zero-order valence-corrected chi connectivity index (χ0v) is 12.4. The number of likely N-dealkylation sites (tertiary alicyclic amines) is 1. The molecule has 0 spiro atoms. The van der Waals surface area contributed by atoms with Gasteiger partial charge in [0.15, 0.2) is 0 Å². The number of nitrogens with two attached hydrogens (primary N) is 1. The molecule has 1 fully saturated rings. The molecule has 0 radical (unpaired) electrons. The Morgan fingerprint density at radius 3 is 2.87 bits per heavy atom. The summed E-state index contributed by atoms with van der Waals surface area (Å²) in [6.07, 6.45) is 0.945. The third kappa shape index (κ3) is 3.38. The maximum absolute atomic E-state index is 12.9. The van der Waals surface area contributed by atoms with Crippen LogP contribution in [-0.4, -0.2) is 39.1 Å². The number of primary amides is 1. The van der Waals surface area contributed by atoms with Crippen LogP contribution in [0.4, 0.5) is 4.39 Å². The fourth-order valence-corrected chi connectivity index (χ4v) is 2.81. The van der Waals surface area contributed by atoms with E-state index >= 15 is 0 Å². The second-order valence-electron chi connectivity index (χ2n) is 5.54. The predicted octanol–water partition coefficient (Wildman–Crippen LogP) is 1.18. The molecule has 0 bridgehead atoms. The minimum atomic E-state index is -0.755. The summed E-state index contributed by atoms with van der Waals surface area (Å²) in [5, 5.41) is 13.9. The first-order chi connectivity index (χ1) is 11.0. The van der Waals surface area contributed by atoms with Crippen molar-refractivity contribution in [2.45, 2.75) is 25.0 Å². The molecule has 1 aliphatic rings. The Bertz CT molecular complexity index is 688. The van der Waals surface area contributed by atoms with Crippen molar-refractivity contribution in [2.24, 2.45) is 5.73 Å². The maximum Gasteiger partial charge on any atom is 0.290 e. The van der Waals surface area contributed by atoms with Gasteiger partial charge in [-0.25, -0.2) is 4.39 Å². The molecule has 0 unspecified atom stereocenters. The minimum absolute atomic E-state index is 0.147. The van der Waals surface area contributed by atoms with E-state index in [1.165, 1.54) is 12.1 Å². The smallest absolute Gasteiger partial charge is 0.290 e. The minimum Gasteiger partial charge on any atom is -0.387 e. The quantitative estimate of drug-likeness (QED) is 0.857. The van der Waals surface area contributed by atoms with Crippen LogP contribution in [0.15, 0.2) is 28.8 Å². The SMILES string of the molecule is NC(=O)c1noc([C@H]2CCCN2C[C@H](O)c2ccc(F)cc2)n1. The first kappa shape index (κ1) is 15.6. The van der Waals surface area contributed by atoms with Crippen LogP contribution in [0.5, 0.6) is 0 Å². The number of amides is 1. The van der Waals surface area contributed by atoms with Gasteiger partial charge in [0.1, 0.15) is 5.82 Å². The van der Waals surface area contributed by atoms with Crippen molar-refractivity contribution in [1.82, 2.24) is 15.0 Å². The number of benzene rings is 1. The molecule has 1 amide bonds. The standard InChI is InChI=1S/C15H17FN4O3/c16-10-5-3-9(4-6-10)12(21)8-20-7-1-2-11(20)15-18-14(13(17)22)19-23-15/h3-6,11-12,21H,1-2,7-8H2,(H2,17,22)/t11-,12+/m1/s1. The van der Waals surface area contributed by atoms with Gasteiger partial charge < -0.3 is 15.4 Å². The number of carbonyl (C=O) groups is 1. The molecule has 8 heteroatoms. The van der Waals surface area contributed by atoms with Gasteiger partial charge in [-0.05, 0) is 37.1 Å². The molecule has 1 saturated heterocycles. The summed E-state index contributed by atoms with van der Waals surface area (Å²) >= 11 is 0. The first-order valence-corrected chi connectivity index (χ1v) is 7.35. The molecule has 1 aromatic heterocycles. The Morgan fingerprint density at radius 2 is 2.22 bits per heavy atom. The van der Waals surface area contributed by atoms with E-state index in [0.717, 1.165) is 19.4 Å². The normalized spacial score (nSPS) is 19.8. The number of carbonyl (C=O) groups excluding carboxylic acids is 1. The molecule has 7 nitrogen and oxygen atoms in total. The molecule has 23 heavy (non-hydrogen) atoms. The Hall–Kier alpha value is -2.32. The van der Waals surface area contributed by atoms with E-state index in [1.54, 1.807) is 12.1 Å². The number of nitrogens with zero attached hydrogens (tertiary/aromatic N) is 3. The van der Waals surface area contributed by atoms with E-state index in [4.69, 9.17) is 10.3 Å². The molecule has 1 aromatic carbocycles. The highest BCUT2D eigenvalue weighted by Gasteiger charge is 2.32. The van der Waals surface area contributed by atoms with Crippen molar-refractivity contribution in [3.05, 3.63) is 47.4 Å². The summed E-state index contributed by atoms with van der Waals surface area (Å²) in [6.45, 7) is 1.11. The largest absolute Gasteiger partial charge is 0.387 e. The van der Waals surface area contributed by atoms with Crippen molar-refractivity contribution in [2.75, 3.05) is 13.1 Å². The van der Waals surface area contributed by atoms with Crippen LogP contribution in [0.2, 0.25) is 0 Å². The number of halogens is 1. The summed E-state index contributed by atoms with van der Waals surface area (Å²) in [4.78, 5) is 17.1. The van der Waals surface area contributed by atoms with Gasteiger partial charge in [0.2, 0.25) is 5.89 Å². The van der Waals surface area contributed by atoms with Crippen LogP contribution in [0, 0.1) is 5.82 Å².